The van der Waals surface area contributed by atoms with Crippen LogP contribution in [0.5, 0.6) is 0 Å². The van der Waals surface area contributed by atoms with Crippen LogP contribution < -0.4 is 0 Å². The van der Waals surface area contributed by atoms with E-state index < -0.39 is 0 Å². The van der Waals surface area contributed by atoms with Gasteiger partial charge in [-0.3, -0.25) is 0 Å². The topological polar surface area (TPSA) is 47.1 Å². The number of H-pyrrole nitrogens is 1. The van der Waals surface area contributed by atoms with E-state index in [1.165, 1.54) is 12.8 Å². The Kier molecular flexibility index (Phi) is 4.10. The highest BCUT2D eigenvalue weighted by molar-refractivity contribution is 5.74. The number of hydrogen-bond donors (Lipinski definition) is 1. The van der Waals surface area contributed by atoms with Crippen molar-refractivity contribution in [1.82, 2.24) is 9.97 Å². The van der Waals surface area contributed by atoms with Gasteiger partial charge in [-0.15, -0.1) is 0 Å². The van der Waals surface area contributed by atoms with Crippen molar-refractivity contribution in [2.75, 3.05) is 13.2 Å². The van der Waals surface area contributed by atoms with Gasteiger partial charge in [0.15, 0.2) is 6.29 Å². The molecule has 1 aromatic carbocycles. The molecule has 2 aromatic rings. The number of nitrogens with zero attached hydrogens (tertiary/aromatic N) is 1. The second-order valence-electron chi connectivity index (χ2n) is 4.97. The van der Waals surface area contributed by atoms with Crippen LogP contribution in [0.15, 0.2) is 24.3 Å². The van der Waals surface area contributed by atoms with E-state index in [9.17, 15) is 0 Å². The lowest BCUT2D eigenvalue weighted by Crippen LogP contribution is -2.22. The Morgan fingerprint density at radius 1 is 1.32 bits per heavy atom. The van der Waals surface area contributed by atoms with Gasteiger partial charge in [0.2, 0.25) is 0 Å². The Bertz CT molecular complexity index is 485. The number of rotatable bonds is 5. The molecule has 0 amide bonds. The van der Waals surface area contributed by atoms with Crippen LogP contribution in [0.2, 0.25) is 0 Å². The second kappa shape index (κ2) is 6.17. The van der Waals surface area contributed by atoms with Crippen LogP contribution in [0.25, 0.3) is 11.0 Å². The van der Waals surface area contributed by atoms with Crippen molar-refractivity contribution >= 4 is 11.0 Å². The normalized spacial score (nSPS) is 19.9. The maximum absolute atomic E-state index is 5.71. The SMILES string of the molecule is c1ccc2[nH]c(CCCOC3CCCCO3)nc2c1. The van der Waals surface area contributed by atoms with Crippen LogP contribution in [-0.4, -0.2) is 29.5 Å². The van der Waals surface area contributed by atoms with Crippen LogP contribution >= 0.6 is 0 Å². The van der Waals surface area contributed by atoms with Crippen molar-refractivity contribution in [3.05, 3.63) is 30.1 Å². The van der Waals surface area contributed by atoms with Gasteiger partial charge in [0, 0.05) is 13.0 Å². The number of aromatic nitrogens is 2. The number of hydrogen-bond acceptors (Lipinski definition) is 3. The summed E-state index contributed by atoms with van der Waals surface area (Å²) < 4.78 is 11.2. The van der Waals surface area contributed by atoms with Crippen LogP contribution in [0.1, 0.15) is 31.5 Å². The maximum Gasteiger partial charge on any atom is 0.157 e. The zero-order valence-corrected chi connectivity index (χ0v) is 11.1. The van der Waals surface area contributed by atoms with Gasteiger partial charge < -0.3 is 14.5 Å². The molecule has 0 aliphatic carbocycles. The van der Waals surface area contributed by atoms with Crippen molar-refractivity contribution in [3.8, 4) is 0 Å². The fourth-order valence-electron chi connectivity index (χ4n) is 2.42. The van der Waals surface area contributed by atoms with Gasteiger partial charge >= 0.3 is 0 Å². The Hall–Kier alpha value is -1.39. The molecule has 2 heterocycles. The summed E-state index contributed by atoms with van der Waals surface area (Å²) in [7, 11) is 0. The molecular formula is C15H20N2O2. The number of imidazole rings is 1. The van der Waals surface area contributed by atoms with Gasteiger partial charge in [-0.2, -0.15) is 0 Å². The lowest BCUT2D eigenvalue weighted by Gasteiger charge is -2.22. The van der Waals surface area contributed by atoms with Crippen LogP contribution in [0.4, 0.5) is 0 Å². The summed E-state index contributed by atoms with van der Waals surface area (Å²) in [6.07, 6.45) is 5.32. The summed E-state index contributed by atoms with van der Waals surface area (Å²) in [4.78, 5) is 7.89. The quantitative estimate of drug-likeness (QED) is 0.840. The minimum atomic E-state index is 0.0180. The number of benzene rings is 1. The highest BCUT2D eigenvalue weighted by Gasteiger charge is 2.13. The van der Waals surface area contributed by atoms with E-state index >= 15 is 0 Å². The summed E-state index contributed by atoms with van der Waals surface area (Å²) in [5.74, 6) is 1.04. The minimum absolute atomic E-state index is 0.0180. The van der Waals surface area contributed by atoms with Gasteiger partial charge in [-0.1, -0.05) is 12.1 Å². The zero-order chi connectivity index (χ0) is 12.9. The van der Waals surface area contributed by atoms with E-state index in [0.29, 0.717) is 0 Å². The molecule has 1 aliphatic rings. The summed E-state index contributed by atoms with van der Waals surface area (Å²) in [5.41, 5.74) is 2.14. The monoisotopic (exact) mass is 260 g/mol. The number of aromatic amines is 1. The number of aryl methyl sites for hydroxylation is 1. The zero-order valence-electron chi connectivity index (χ0n) is 11.1. The molecule has 1 aliphatic heterocycles. The highest BCUT2D eigenvalue weighted by Crippen LogP contribution is 2.15. The number of para-hydroxylation sites is 2. The average molecular weight is 260 g/mol. The standard InChI is InChI=1S/C15H20N2O2/c1-2-7-13-12(6-1)16-14(17-13)8-5-11-19-15-9-3-4-10-18-15/h1-2,6-7,15H,3-5,8-11H2,(H,16,17). The predicted molar refractivity (Wildman–Crippen MR) is 74.0 cm³/mol. The lowest BCUT2D eigenvalue weighted by molar-refractivity contribution is -0.162. The first-order valence-electron chi connectivity index (χ1n) is 7.09. The molecule has 19 heavy (non-hydrogen) atoms. The molecule has 102 valence electrons. The highest BCUT2D eigenvalue weighted by atomic mass is 16.7. The van der Waals surface area contributed by atoms with Gasteiger partial charge in [0.25, 0.3) is 0 Å². The van der Waals surface area contributed by atoms with Crippen LogP contribution in [0, 0.1) is 0 Å². The van der Waals surface area contributed by atoms with Crippen molar-refractivity contribution in [3.63, 3.8) is 0 Å². The molecule has 0 bridgehead atoms. The number of fused-ring (bicyclic) bond motifs is 1. The summed E-state index contributed by atoms with van der Waals surface area (Å²) in [6, 6.07) is 8.12. The molecule has 4 nitrogen and oxygen atoms in total. The average Bonchev–Trinajstić information content (AvgIpc) is 2.87. The first-order valence-corrected chi connectivity index (χ1v) is 7.09. The van der Waals surface area contributed by atoms with E-state index in [1.54, 1.807) is 0 Å². The second-order valence-corrected chi connectivity index (χ2v) is 4.97. The van der Waals surface area contributed by atoms with Gasteiger partial charge in [0.05, 0.1) is 17.6 Å². The first-order chi connectivity index (χ1) is 9.42. The molecule has 1 saturated heterocycles. The Morgan fingerprint density at radius 3 is 3.11 bits per heavy atom. The van der Waals surface area contributed by atoms with E-state index in [-0.39, 0.29) is 6.29 Å². The van der Waals surface area contributed by atoms with Crippen molar-refractivity contribution in [2.45, 2.75) is 38.4 Å². The molecule has 1 unspecified atom stereocenters. The minimum Gasteiger partial charge on any atom is -0.353 e. The van der Waals surface area contributed by atoms with Crippen LogP contribution in [0.3, 0.4) is 0 Å². The molecule has 1 aromatic heterocycles. The molecule has 0 spiro atoms. The summed E-state index contributed by atoms with van der Waals surface area (Å²) in [5, 5.41) is 0. The van der Waals surface area contributed by atoms with Gasteiger partial charge in [-0.25, -0.2) is 4.98 Å². The van der Waals surface area contributed by atoms with Gasteiger partial charge in [0.1, 0.15) is 5.82 Å². The molecule has 1 fully saturated rings. The summed E-state index contributed by atoms with van der Waals surface area (Å²) >= 11 is 0. The molecule has 0 radical (unpaired) electrons. The maximum atomic E-state index is 5.71. The first kappa shape index (κ1) is 12.6. The third kappa shape index (κ3) is 3.33. The predicted octanol–water partition coefficient (Wildman–Crippen LogP) is 3.04. The largest absolute Gasteiger partial charge is 0.353 e. The van der Waals surface area contributed by atoms with Gasteiger partial charge in [-0.05, 0) is 37.8 Å². The van der Waals surface area contributed by atoms with E-state index in [1.807, 2.05) is 18.2 Å². The molecule has 3 rings (SSSR count). The van der Waals surface area contributed by atoms with E-state index in [0.717, 1.165) is 49.3 Å². The Labute approximate surface area is 113 Å². The fourth-order valence-corrected chi connectivity index (χ4v) is 2.42. The number of ether oxygens (including phenoxy) is 2. The summed E-state index contributed by atoms with van der Waals surface area (Å²) in [6.45, 7) is 1.58. The number of nitrogens with one attached hydrogen (secondary N) is 1. The van der Waals surface area contributed by atoms with Crippen molar-refractivity contribution in [2.24, 2.45) is 0 Å². The third-order valence-electron chi connectivity index (χ3n) is 3.44. The lowest BCUT2D eigenvalue weighted by atomic mass is 10.2. The van der Waals surface area contributed by atoms with Crippen molar-refractivity contribution in [1.29, 1.82) is 0 Å². The van der Waals surface area contributed by atoms with E-state index in [2.05, 4.69) is 16.0 Å². The third-order valence-corrected chi connectivity index (χ3v) is 3.44. The Balaban J connectivity index is 1.44. The fraction of sp³-hybridized carbons (Fsp3) is 0.533. The molecule has 0 saturated carbocycles. The van der Waals surface area contributed by atoms with E-state index in [4.69, 9.17) is 9.47 Å². The van der Waals surface area contributed by atoms with Crippen molar-refractivity contribution < 1.29 is 9.47 Å². The molecule has 1 N–H and O–H groups in total. The Morgan fingerprint density at radius 2 is 2.26 bits per heavy atom. The molecular weight excluding hydrogens is 240 g/mol. The van der Waals surface area contributed by atoms with Crippen LogP contribution in [-0.2, 0) is 15.9 Å². The smallest absolute Gasteiger partial charge is 0.157 e. The molecule has 4 heteroatoms. The molecule has 1 atom stereocenters.